The second-order valence-electron chi connectivity index (χ2n) is 7.23. The Morgan fingerprint density at radius 1 is 0.889 bits per heavy atom. The fourth-order valence-corrected chi connectivity index (χ4v) is 3.65. The number of hydrogen-bond donors (Lipinski definition) is 2. The van der Waals surface area contributed by atoms with Crippen molar-refractivity contribution < 1.29 is 19.1 Å². The van der Waals surface area contributed by atoms with E-state index in [4.69, 9.17) is 4.74 Å². The van der Waals surface area contributed by atoms with Crippen molar-refractivity contribution in [3.05, 3.63) is 24.3 Å². The van der Waals surface area contributed by atoms with Gasteiger partial charge >= 0.3 is 0 Å². The maximum atomic E-state index is 12.6. The lowest BCUT2D eigenvalue weighted by Gasteiger charge is -2.34. The highest BCUT2D eigenvalue weighted by Gasteiger charge is 2.31. The van der Waals surface area contributed by atoms with Gasteiger partial charge in [-0.05, 0) is 49.9 Å². The molecule has 7 nitrogen and oxygen atoms in total. The van der Waals surface area contributed by atoms with Gasteiger partial charge in [0.25, 0.3) is 0 Å². The zero-order chi connectivity index (χ0) is 19.2. The van der Waals surface area contributed by atoms with Gasteiger partial charge in [0.15, 0.2) is 0 Å². The first-order valence-electron chi connectivity index (χ1n) is 9.58. The molecule has 27 heavy (non-hydrogen) atoms. The summed E-state index contributed by atoms with van der Waals surface area (Å²) in [5.41, 5.74) is 1.40. The third-order valence-electron chi connectivity index (χ3n) is 5.22. The maximum absolute atomic E-state index is 12.6. The Morgan fingerprint density at radius 3 is 2.00 bits per heavy atom. The lowest BCUT2D eigenvalue weighted by molar-refractivity contribution is -0.141. The van der Waals surface area contributed by atoms with Gasteiger partial charge in [-0.2, -0.15) is 0 Å². The van der Waals surface area contributed by atoms with Gasteiger partial charge in [-0.3, -0.25) is 14.4 Å². The van der Waals surface area contributed by atoms with Crippen molar-refractivity contribution >= 4 is 29.1 Å². The van der Waals surface area contributed by atoms with Gasteiger partial charge in [0.1, 0.15) is 0 Å². The van der Waals surface area contributed by atoms with E-state index in [1.165, 1.54) is 6.92 Å². The van der Waals surface area contributed by atoms with Crippen molar-refractivity contribution in [3.8, 4) is 0 Å². The van der Waals surface area contributed by atoms with Crippen LogP contribution in [-0.4, -0.2) is 48.9 Å². The summed E-state index contributed by atoms with van der Waals surface area (Å²) in [7, 11) is 0. The van der Waals surface area contributed by atoms with Crippen molar-refractivity contribution in [1.29, 1.82) is 0 Å². The first-order chi connectivity index (χ1) is 13.0. The van der Waals surface area contributed by atoms with Gasteiger partial charge in [-0.25, -0.2) is 0 Å². The molecule has 0 unspecified atom stereocenters. The Hall–Kier alpha value is -2.41. The maximum Gasteiger partial charge on any atom is 0.227 e. The van der Waals surface area contributed by atoms with Crippen molar-refractivity contribution in [2.45, 2.75) is 32.6 Å². The first kappa shape index (κ1) is 19.4. The topological polar surface area (TPSA) is 87.7 Å². The third kappa shape index (κ3) is 5.29. The minimum Gasteiger partial charge on any atom is -0.381 e. The molecule has 0 saturated carbocycles. The molecule has 0 bridgehead atoms. The summed E-state index contributed by atoms with van der Waals surface area (Å²) < 4.78 is 5.32. The first-order valence-corrected chi connectivity index (χ1v) is 9.58. The molecule has 2 heterocycles. The number of benzene rings is 1. The number of carbonyl (C=O) groups is 3. The van der Waals surface area contributed by atoms with E-state index in [2.05, 4.69) is 10.6 Å². The number of hydrogen-bond acceptors (Lipinski definition) is 4. The van der Waals surface area contributed by atoms with Crippen LogP contribution in [0, 0.1) is 11.8 Å². The lowest BCUT2D eigenvalue weighted by atomic mass is 9.93. The summed E-state index contributed by atoms with van der Waals surface area (Å²) in [6, 6.07) is 7.05. The molecule has 0 aliphatic carbocycles. The molecule has 1 aromatic rings. The molecule has 2 aliphatic rings. The zero-order valence-corrected chi connectivity index (χ0v) is 15.7. The van der Waals surface area contributed by atoms with Gasteiger partial charge in [0.2, 0.25) is 17.7 Å². The highest BCUT2D eigenvalue weighted by atomic mass is 16.5. The highest BCUT2D eigenvalue weighted by molar-refractivity contribution is 5.93. The predicted octanol–water partition coefficient (Wildman–Crippen LogP) is 2.25. The summed E-state index contributed by atoms with van der Waals surface area (Å²) in [5, 5.41) is 5.62. The molecule has 2 aliphatic heterocycles. The number of carbonyl (C=O) groups excluding carboxylic acids is 3. The number of amides is 3. The van der Waals surface area contributed by atoms with Crippen LogP contribution in [-0.2, 0) is 19.1 Å². The van der Waals surface area contributed by atoms with E-state index in [0.717, 1.165) is 12.8 Å². The molecule has 2 fully saturated rings. The van der Waals surface area contributed by atoms with Crippen LogP contribution < -0.4 is 10.6 Å². The van der Waals surface area contributed by atoms with Crippen LogP contribution in [0.1, 0.15) is 32.6 Å². The van der Waals surface area contributed by atoms with E-state index in [1.54, 1.807) is 24.3 Å². The van der Waals surface area contributed by atoms with Gasteiger partial charge in [0.05, 0.1) is 0 Å². The monoisotopic (exact) mass is 373 g/mol. The molecular formula is C20H27N3O4. The normalized spacial score (nSPS) is 18.8. The van der Waals surface area contributed by atoms with Crippen LogP contribution in [0.25, 0.3) is 0 Å². The molecule has 1 aromatic carbocycles. The minimum absolute atomic E-state index is 0.0135. The summed E-state index contributed by atoms with van der Waals surface area (Å²) in [6.07, 6.45) is 2.97. The van der Waals surface area contributed by atoms with Crippen molar-refractivity contribution in [2.24, 2.45) is 11.8 Å². The second kappa shape index (κ2) is 8.99. The molecule has 146 valence electrons. The number of ether oxygens (including phenoxy) is 1. The average Bonchev–Trinajstić information content (AvgIpc) is 2.69. The summed E-state index contributed by atoms with van der Waals surface area (Å²) in [6.45, 7) is 4.05. The number of anilines is 2. The molecule has 7 heteroatoms. The van der Waals surface area contributed by atoms with E-state index in [1.807, 2.05) is 4.90 Å². The van der Waals surface area contributed by atoms with Crippen molar-refractivity contribution in [1.82, 2.24) is 4.90 Å². The van der Waals surface area contributed by atoms with Crippen LogP contribution >= 0.6 is 0 Å². The van der Waals surface area contributed by atoms with Crippen LogP contribution in [0.2, 0.25) is 0 Å². The SMILES string of the molecule is CC(=O)Nc1ccc(NC(=O)C2CCN(C(=O)C3CCOCC3)CC2)cc1. The third-order valence-corrected chi connectivity index (χ3v) is 5.22. The predicted molar refractivity (Wildman–Crippen MR) is 102 cm³/mol. The molecule has 0 aromatic heterocycles. The zero-order valence-electron chi connectivity index (χ0n) is 15.7. The molecule has 0 radical (unpaired) electrons. The van der Waals surface area contributed by atoms with Crippen LogP contribution in [0.3, 0.4) is 0 Å². The van der Waals surface area contributed by atoms with Gasteiger partial charge < -0.3 is 20.3 Å². The number of rotatable bonds is 4. The Bertz CT molecular complexity index is 675. The Labute approximate surface area is 159 Å². The van der Waals surface area contributed by atoms with Crippen molar-refractivity contribution in [2.75, 3.05) is 36.9 Å². The summed E-state index contributed by atoms with van der Waals surface area (Å²) in [5.74, 6) is 0.0602. The lowest BCUT2D eigenvalue weighted by Crippen LogP contribution is -2.45. The summed E-state index contributed by atoms with van der Waals surface area (Å²) >= 11 is 0. The van der Waals surface area contributed by atoms with Crippen LogP contribution in [0.5, 0.6) is 0 Å². The number of piperidine rings is 1. The fraction of sp³-hybridized carbons (Fsp3) is 0.550. The molecular weight excluding hydrogens is 346 g/mol. The minimum atomic E-state index is -0.131. The van der Waals surface area contributed by atoms with Gasteiger partial charge in [0, 0.05) is 56.4 Å². The number of nitrogens with one attached hydrogen (secondary N) is 2. The standard InChI is InChI=1S/C20H27N3O4/c1-14(24)21-17-2-4-18(5-3-17)22-19(25)15-6-10-23(11-7-15)20(26)16-8-12-27-13-9-16/h2-5,15-16H,6-13H2,1H3,(H,21,24)(H,22,25). The average molecular weight is 373 g/mol. The van der Waals surface area contributed by atoms with Gasteiger partial charge in [-0.15, -0.1) is 0 Å². The largest absolute Gasteiger partial charge is 0.381 e. The molecule has 0 atom stereocenters. The Kier molecular flexibility index (Phi) is 6.45. The molecule has 3 rings (SSSR count). The fourth-order valence-electron chi connectivity index (χ4n) is 3.65. The number of likely N-dealkylation sites (tertiary alicyclic amines) is 1. The van der Waals surface area contributed by atoms with Crippen LogP contribution in [0.15, 0.2) is 24.3 Å². The molecule has 0 spiro atoms. The van der Waals surface area contributed by atoms with E-state index in [9.17, 15) is 14.4 Å². The smallest absolute Gasteiger partial charge is 0.227 e. The van der Waals surface area contributed by atoms with E-state index in [0.29, 0.717) is 50.5 Å². The Balaban J connectivity index is 1.46. The van der Waals surface area contributed by atoms with E-state index < -0.39 is 0 Å². The molecule has 2 saturated heterocycles. The van der Waals surface area contributed by atoms with Crippen LogP contribution in [0.4, 0.5) is 11.4 Å². The van der Waals surface area contributed by atoms with Gasteiger partial charge in [-0.1, -0.05) is 0 Å². The quantitative estimate of drug-likeness (QED) is 0.847. The van der Waals surface area contributed by atoms with E-state index in [-0.39, 0.29) is 29.6 Å². The molecule has 2 N–H and O–H groups in total. The highest BCUT2D eigenvalue weighted by Crippen LogP contribution is 2.24. The number of nitrogens with zero attached hydrogens (tertiary/aromatic N) is 1. The van der Waals surface area contributed by atoms with Crippen molar-refractivity contribution in [3.63, 3.8) is 0 Å². The second-order valence-corrected chi connectivity index (χ2v) is 7.23. The molecule has 3 amide bonds. The van der Waals surface area contributed by atoms with E-state index >= 15 is 0 Å². The Morgan fingerprint density at radius 2 is 1.44 bits per heavy atom. The summed E-state index contributed by atoms with van der Waals surface area (Å²) in [4.78, 5) is 38.0.